The fraction of sp³-hybridized carbons (Fsp3) is 0.452. The van der Waals surface area contributed by atoms with Gasteiger partial charge >= 0.3 is 17.9 Å². The van der Waals surface area contributed by atoms with E-state index in [1.165, 1.54) is 12.1 Å². The Hall–Kier alpha value is -3.89. The van der Waals surface area contributed by atoms with Crippen molar-refractivity contribution in [3.05, 3.63) is 71.0 Å². The van der Waals surface area contributed by atoms with Gasteiger partial charge in [-0.1, -0.05) is 43.3 Å². The summed E-state index contributed by atoms with van der Waals surface area (Å²) in [6, 6.07) is 11.7. The third-order valence-electron chi connectivity index (χ3n) is 9.36. The number of carbonyl (C=O) groups is 3. The SMILES string of the molecule is COc1ccc2c3c1O[C@H]1C(OC(=O)C[C@H](O)C(=O)O[C@H](C(=O)O)c4ccccc4)=CC[C@@]4(O)[C@@H](C2)C(C)CC[C@]314. The first-order valence-electron chi connectivity index (χ1n) is 13.8. The first-order valence-corrected chi connectivity index (χ1v) is 13.8. The standard InChI is InChI=1S/C31H32O10/c1-16-10-12-30-24-18-8-9-21(38-2)26(24)40-27(30)22(11-13-31(30,37)19(16)14-18)39-23(33)15-20(32)29(36)41-25(28(34)35)17-6-4-3-5-7-17/h3-9,11,16,19-20,25,27,32,37H,10,12-15H2,1-2H3,(H,34,35)/t16?,19-,20-,25-,27-,30-,31+/m0/s1. The normalized spacial score (nSPS) is 30.1. The number of hydrogen-bond acceptors (Lipinski definition) is 9. The van der Waals surface area contributed by atoms with Crippen LogP contribution < -0.4 is 9.47 Å². The number of aliphatic hydroxyl groups excluding tert-OH is 1. The predicted molar refractivity (Wildman–Crippen MR) is 142 cm³/mol. The molecule has 3 N–H and O–H groups in total. The number of aliphatic carboxylic acids is 1. The van der Waals surface area contributed by atoms with Gasteiger partial charge < -0.3 is 34.3 Å². The van der Waals surface area contributed by atoms with Gasteiger partial charge in [0.05, 0.1) is 24.5 Å². The van der Waals surface area contributed by atoms with E-state index in [0.717, 1.165) is 17.5 Å². The number of esters is 2. The molecule has 4 aliphatic rings. The summed E-state index contributed by atoms with van der Waals surface area (Å²) in [6.45, 7) is 2.15. The average Bonchev–Trinajstić information content (AvgIpc) is 3.31. The highest BCUT2D eigenvalue weighted by Crippen LogP contribution is 2.68. The third kappa shape index (κ3) is 4.03. The molecule has 0 amide bonds. The molecule has 2 aromatic rings. The van der Waals surface area contributed by atoms with Crippen LogP contribution in [0.2, 0.25) is 0 Å². The summed E-state index contributed by atoms with van der Waals surface area (Å²) in [4.78, 5) is 37.2. The first-order chi connectivity index (χ1) is 19.6. The fourth-order valence-corrected chi connectivity index (χ4v) is 7.46. The van der Waals surface area contributed by atoms with Crippen LogP contribution in [-0.2, 0) is 35.7 Å². The van der Waals surface area contributed by atoms with Crippen LogP contribution in [0, 0.1) is 11.8 Å². The summed E-state index contributed by atoms with van der Waals surface area (Å²) in [6.07, 6.45) is -1.05. The number of methoxy groups -OCH3 is 1. The van der Waals surface area contributed by atoms with Crippen LogP contribution in [0.5, 0.6) is 11.5 Å². The van der Waals surface area contributed by atoms with Gasteiger partial charge in [0.15, 0.2) is 23.7 Å². The number of carboxylic acids is 1. The van der Waals surface area contributed by atoms with E-state index in [2.05, 4.69) is 6.92 Å². The Morgan fingerprint density at radius 1 is 1.15 bits per heavy atom. The van der Waals surface area contributed by atoms with E-state index in [0.29, 0.717) is 24.3 Å². The summed E-state index contributed by atoms with van der Waals surface area (Å²) in [5.74, 6) is -2.06. The lowest BCUT2D eigenvalue weighted by molar-refractivity contribution is -0.175. The van der Waals surface area contributed by atoms with Crippen molar-refractivity contribution in [2.75, 3.05) is 7.11 Å². The molecule has 216 valence electrons. The Kier molecular flexibility index (Phi) is 6.58. The second-order valence-electron chi connectivity index (χ2n) is 11.4. The summed E-state index contributed by atoms with van der Waals surface area (Å²) in [5.41, 5.74) is 0.249. The van der Waals surface area contributed by atoms with Crippen molar-refractivity contribution >= 4 is 17.9 Å². The molecule has 0 radical (unpaired) electrons. The molecule has 10 heteroatoms. The van der Waals surface area contributed by atoms with Gasteiger partial charge in [-0.15, -0.1) is 0 Å². The molecule has 41 heavy (non-hydrogen) atoms. The molecule has 2 bridgehead atoms. The number of benzene rings is 2. The van der Waals surface area contributed by atoms with Crippen LogP contribution in [0.1, 0.15) is 55.4 Å². The molecule has 3 aliphatic carbocycles. The van der Waals surface area contributed by atoms with Crippen molar-refractivity contribution in [2.24, 2.45) is 11.8 Å². The Labute approximate surface area is 236 Å². The molecular weight excluding hydrogens is 532 g/mol. The van der Waals surface area contributed by atoms with E-state index in [1.807, 2.05) is 12.1 Å². The van der Waals surface area contributed by atoms with Gasteiger partial charge in [-0.2, -0.15) is 0 Å². The molecule has 7 atom stereocenters. The highest BCUT2D eigenvalue weighted by molar-refractivity contribution is 5.85. The van der Waals surface area contributed by atoms with Crippen molar-refractivity contribution in [3.8, 4) is 11.5 Å². The zero-order valence-corrected chi connectivity index (χ0v) is 22.7. The molecule has 1 fully saturated rings. The van der Waals surface area contributed by atoms with Crippen molar-refractivity contribution in [3.63, 3.8) is 0 Å². The number of rotatable bonds is 8. The van der Waals surface area contributed by atoms with E-state index in [9.17, 15) is 29.7 Å². The Morgan fingerprint density at radius 3 is 2.61 bits per heavy atom. The van der Waals surface area contributed by atoms with Crippen LogP contribution in [0.4, 0.5) is 0 Å². The number of carbonyl (C=O) groups excluding carboxylic acids is 2. The molecule has 0 aromatic heterocycles. The Morgan fingerprint density at radius 2 is 1.90 bits per heavy atom. The molecule has 1 unspecified atom stereocenters. The topological polar surface area (TPSA) is 149 Å². The molecule has 6 rings (SSSR count). The van der Waals surface area contributed by atoms with Crippen LogP contribution in [0.3, 0.4) is 0 Å². The maximum absolute atomic E-state index is 13.0. The molecular formula is C31H32O10. The van der Waals surface area contributed by atoms with Crippen molar-refractivity contribution in [2.45, 2.75) is 68.4 Å². The molecule has 1 aliphatic heterocycles. The summed E-state index contributed by atoms with van der Waals surface area (Å²) in [5, 5.41) is 32.2. The van der Waals surface area contributed by atoms with Gasteiger partial charge in [0.1, 0.15) is 5.76 Å². The minimum Gasteiger partial charge on any atom is -0.493 e. The summed E-state index contributed by atoms with van der Waals surface area (Å²) in [7, 11) is 1.55. The molecule has 10 nitrogen and oxygen atoms in total. The van der Waals surface area contributed by atoms with Crippen molar-refractivity contribution in [1.29, 1.82) is 0 Å². The summed E-state index contributed by atoms with van der Waals surface area (Å²) < 4.78 is 22.7. The lowest BCUT2D eigenvalue weighted by atomic mass is 9.45. The van der Waals surface area contributed by atoms with Crippen molar-refractivity contribution in [1.82, 2.24) is 0 Å². The lowest BCUT2D eigenvalue weighted by Crippen LogP contribution is -2.69. The van der Waals surface area contributed by atoms with Gasteiger partial charge in [0.2, 0.25) is 6.10 Å². The molecule has 1 saturated carbocycles. The van der Waals surface area contributed by atoms with E-state index in [4.69, 9.17) is 18.9 Å². The third-order valence-corrected chi connectivity index (χ3v) is 9.36. The van der Waals surface area contributed by atoms with Gasteiger partial charge in [-0.25, -0.2) is 9.59 Å². The zero-order valence-electron chi connectivity index (χ0n) is 22.7. The second kappa shape index (κ2) is 9.88. The number of ether oxygens (including phenoxy) is 4. The highest BCUT2D eigenvalue weighted by Gasteiger charge is 2.72. The molecule has 1 spiro atoms. The van der Waals surface area contributed by atoms with Gasteiger partial charge in [0.25, 0.3) is 0 Å². The minimum absolute atomic E-state index is 0.00826. The number of aliphatic hydroxyl groups is 2. The van der Waals surface area contributed by atoms with Crippen LogP contribution in [0.15, 0.2) is 54.3 Å². The monoisotopic (exact) mass is 564 g/mol. The summed E-state index contributed by atoms with van der Waals surface area (Å²) >= 11 is 0. The molecule has 2 aromatic carbocycles. The zero-order chi connectivity index (χ0) is 29.1. The predicted octanol–water partition coefficient (Wildman–Crippen LogP) is 2.98. The van der Waals surface area contributed by atoms with E-state index < -0.39 is 53.7 Å². The largest absolute Gasteiger partial charge is 0.493 e. The van der Waals surface area contributed by atoms with Crippen LogP contribution in [0.25, 0.3) is 0 Å². The maximum Gasteiger partial charge on any atom is 0.349 e. The maximum atomic E-state index is 13.0. The number of hydrogen-bond donors (Lipinski definition) is 3. The highest BCUT2D eigenvalue weighted by atomic mass is 16.6. The number of carboxylic acid groups (broad SMARTS) is 1. The van der Waals surface area contributed by atoms with E-state index >= 15 is 0 Å². The quantitative estimate of drug-likeness (QED) is 0.409. The molecule has 1 heterocycles. The lowest BCUT2D eigenvalue weighted by Gasteiger charge is -2.61. The van der Waals surface area contributed by atoms with Gasteiger partial charge in [0, 0.05) is 11.1 Å². The second-order valence-corrected chi connectivity index (χ2v) is 11.4. The smallest absolute Gasteiger partial charge is 0.349 e. The average molecular weight is 565 g/mol. The fourth-order valence-electron chi connectivity index (χ4n) is 7.46. The van der Waals surface area contributed by atoms with Gasteiger partial charge in [-0.05, 0) is 55.2 Å². The molecule has 0 saturated heterocycles. The van der Waals surface area contributed by atoms with E-state index in [-0.39, 0.29) is 29.6 Å². The first kappa shape index (κ1) is 27.3. The Bertz CT molecular complexity index is 1430. The van der Waals surface area contributed by atoms with Gasteiger partial charge in [-0.3, -0.25) is 4.79 Å². The van der Waals surface area contributed by atoms with E-state index in [1.54, 1.807) is 31.4 Å². The van der Waals surface area contributed by atoms with Crippen LogP contribution in [-0.4, -0.2) is 58.1 Å². The Balaban J connectivity index is 1.22. The minimum atomic E-state index is -1.95. The van der Waals surface area contributed by atoms with Crippen LogP contribution >= 0.6 is 0 Å². The van der Waals surface area contributed by atoms with Crippen molar-refractivity contribution < 1.29 is 48.7 Å².